The van der Waals surface area contributed by atoms with Crippen molar-refractivity contribution < 1.29 is 4.74 Å². The van der Waals surface area contributed by atoms with Crippen molar-refractivity contribution in [2.45, 2.75) is 34.2 Å². The van der Waals surface area contributed by atoms with Crippen molar-refractivity contribution in [2.24, 2.45) is 0 Å². The summed E-state index contributed by atoms with van der Waals surface area (Å²) in [6, 6.07) is 13.9. The van der Waals surface area contributed by atoms with Crippen LogP contribution < -0.4 is 10.3 Å². The van der Waals surface area contributed by atoms with Crippen LogP contribution in [0.5, 0.6) is 5.75 Å². The molecule has 0 spiro atoms. The van der Waals surface area contributed by atoms with E-state index in [0.717, 1.165) is 27.8 Å². The lowest BCUT2D eigenvalue weighted by molar-refractivity contribution is 0.298. The van der Waals surface area contributed by atoms with Gasteiger partial charge in [0.25, 0.3) is 5.56 Å². The maximum atomic E-state index is 12.5. The summed E-state index contributed by atoms with van der Waals surface area (Å²) < 4.78 is 7.63. The fourth-order valence-electron chi connectivity index (χ4n) is 3.18. The number of pyridine rings is 1. The first-order valence-electron chi connectivity index (χ1n) is 8.26. The largest absolute Gasteiger partial charge is 0.492 e. The molecule has 0 radical (unpaired) electrons. The molecule has 3 heteroatoms. The van der Waals surface area contributed by atoms with E-state index in [9.17, 15) is 4.79 Å². The van der Waals surface area contributed by atoms with Crippen LogP contribution in [-0.4, -0.2) is 11.2 Å². The van der Waals surface area contributed by atoms with Gasteiger partial charge in [-0.15, -0.1) is 0 Å². The van der Waals surface area contributed by atoms with E-state index in [1.807, 2.05) is 42.7 Å². The van der Waals surface area contributed by atoms with Crippen LogP contribution >= 0.6 is 0 Å². The Morgan fingerprint density at radius 3 is 2.29 bits per heavy atom. The maximum absolute atomic E-state index is 12.5. The Kier molecular flexibility index (Phi) is 4.43. The number of benzene rings is 2. The fourth-order valence-corrected chi connectivity index (χ4v) is 3.18. The minimum atomic E-state index is 0.0273. The Morgan fingerprint density at radius 1 is 0.875 bits per heavy atom. The predicted octanol–water partition coefficient (Wildman–Crippen LogP) is 4.31. The zero-order chi connectivity index (χ0) is 17.3. The second-order valence-corrected chi connectivity index (χ2v) is 6.46. The van der Waals surface area contributed by atoms with Crippen LogP contribution in [-0.2, 0) is 6.54 Å². The molecule has 1 heterocycles. The van der Waals surface area contributed by atoms with Crippen molar-refractivity contribution in [1.82, 2.24) is 4.57 Å². The van der Waals surface area contributed by atoms with Gasteiger partial charge in [0.15, 0.2) is 0 Å². The van der Waals surface area contributed by atoms with E-state index in [4.69, 9.17) is 4.74 Å². The standard InChI is InChI=1S/C21H23NO2/c1-14-5-7-18(8-6-14)24-10-9-22-20(23)13-16(3)19-12-15(2)11-17(4)21(19)22/h5-8,11-13H,9-10H2,1-4H3. The van der Waals surface area contributed by atoms with Crippen LogP contribution in [0.1, 0.15) is 22.3 Å². The molecule has 3 rings (SSSR count). The van der Waals surface area contributed by atoms with Gasteiger partial charge < -0.3 is 9.30 Å². The molecule has 3 aromatic rings. The molecule has 0 aliphatic carbocycles. The molecule has 0 unspecified atom stereocenters. The lowest BCUT2D eigenvalue weighted by Crippen LogP contribution is -2.24. The van der Waals surface area contributed by atoms with Crippen molar-refractivity contribution in [1.29, 1.82) is 0 Å². The van der Waals surface area contributed by atoms with Gasteiger partial charge in [0.1, 0.15) is 12.4 Å². The highest BCUT2D eigenvalue weighted by atomic mass is 16.5. The third-order valence-electron chi connectivity index (χ3n) is 4.35. The van der Waals surface area contributed by atoms with Crippen molar-refractivity contribution in [3.63, 3.8) is 0 Å². The number of rotatable bonds is 4. The number of hydrogen-bond acceptors (Lipinski definition) is 2. The van der Waals surface area contributed by atoms with Gasteiger partial charge in [0.2, 0.25) is 0 Å². The summed E-state index contributed by atoms with van der Waals surface area (Å²) in [6.45, 7) is 9.19. The van der Waals surface area contributed by atoms with E-state index < -0.39 is 0 Å². The summed E-state index contributed by atoms with van der Waals surface area (Å²) in [5, 5.41) is 1.14. The molecule has 0 saturated carbocycles. The van der Waals surface area contributed by atoms with Gasteiger partial charge in [-0.2, -0.15) is 0 Å². The van der Waals surface area contributed by atoms with Gasteiger partial charge in [0, 0.05) is 11.5 Å². The molecule has 0 N–H and O–H groups in total. The first kappa shape index (κ1) is 16.3. The number of aryl methyl sites for hydroxylation is 4. The zero-order valence-corrected chi connectivity index (χ0v) is 14.7. The molecule has 24 heavy (non-hydrogen) atoms. The Balaban J connectivity index is 1.91. The molecule has 0 aliphatic heterocycles. The molecule has 0 aliphatic rings. The molecule has 1 aromatic heterocycles. The molecule has 0 saturated heterocycles. The minimum Gasteiger partial charge on any atom is -0.492 e. The highest BCUT2D eigenvalue weighted by molar-refractivity contribution is 5.86. The molecule has 0 atom stereocenters. The monoisotopic (exact) mass is 321 g/mol. The molecular weight excluding hydrogens is 298 g/mol. The molecule has 3 nitrogen and oxygen atoms in total. The van der Waals surface area contributed by atoms with E-state index in [-0.39, 0.29) is 5.56 Å². The second-order valence-electron chi connectivity index (χ2n) is 6.46. The Labute approximate surface area is 142 Å². The summed E-state index contributed by atoms with van der Waals surface area (Å²) >= 11 is 0. The normalized spacial score (nSPS) is 11.0. The Bertz CT molecular complexity index is 937. The first-order chi connectivity index (χ1) is 11.5. The Hall–Kier alpha value is -2.55. The first-order valence-corrected chi connectivity index (χ1v) is 8.26. The van der Waals surface area contributed by atoms with Crippen molar-refractivity contribution >= 4 is 10.9 Å². The van der Waals surface area contributed by atoms with Crippen LogP contribution in [0.25, 0.3) is 10.9 Å². The SMILES string of the molecule is Cc1ccc(OCCn2c(=O)cc(C)c3cc(C)cc(C)c32)cc1. The summed E-state index contributed by atoms with van der Waals surface area (Å²) in [7, 11) is 0. The number of ether oxygens (including phenoxy) is 1. The van der Waals surface area contributed by atoms with Crippen LogP contribution in [0.15, 0.2) is 47.3 Å². The smallest absolute Gasteiger partial charge is 0.251 e. The second kappa shape index (κ2) is 6.52. The molecule has 0 bridgehead atoms. The Morgan fingerprint density at radius 2 is 1.58 bits per heavy atom. The van der Waals surface area contributed by atoms with E-state index >= 15 is 0 Å². The van der Waals surface area contributed by atoms with Crippen molar-refractivity contribution in [3.05, 3.63) is 75.1 Å². The van der Waals surface area contributed by atoms with Gasteiger partial charge in [-0.1, -0.05) is 29.3 Å². The van der Waals surface area contributed by atoms with Gasteiger partial charge in [-0.05, 0) is 57.0 Å². The molecule has 2 aromatic carbocycles. The van der Waals surface area contributed by atoms with Gasteiger partial charge in [0.05, 0.1) is 12.1 Å². The highest BCUT2D eigenvalue weighted by Gasteiger charge is 2.10. The average molecular weight is 321 g/mol. The summed E-state index contributed by atoms with van der Waals surface area (Å²) in [6.07, 6.45) is 0. The summed E-state index contributed by atoms with van der Waals surface area (Å²) in [5.41, 5.74) is 5.61. The quantitative estimate of drug-likeness (QED) is 0.717. The van der Waals surface area contributed by atoms with E-state index in [0.29, 0.717) is 13.2 Å². The fraction of sp³-hybridized carbons (Fsp3) is 0.286. The van der Waals surface area contributed by atoms with Gasteiger partial charge in [-0.25, -0.2) is 0 Å². The van der Waals surface area contributed by atoms with Crippen molar-refractivity contribution in [2.75, 3.05) is 6.61 Å². The predicted molar refractivity (Wildman–Crippen MR) is 99.1 cm³/mol. The summed E-state index contributed by atoms with van der Waals surface area (Å²) in [5.74, 6) is 0.831. The zero-order valence-electron chi connectivity index (χ0n) is 14.7. The third kappa shape index (κ3) is 3.21. The number of hydrogen-bond donors (Lipinski definition) is 0. The van der Waals surface area contributed by atoms with E-state index in [1.54, 1.807) is 6.07 Å². The number of aromatic nitrogens is 1. The van der Waals surface area contributed by atoms with Gasteiger partial charge >= 0.3 is 0 Å². The average Bonchev–Trinajstić information content (AvgIpc) is 2.52. The highest BCUT2D eigenvalue weighted by Crippen LogP contribution is 2.22. The lowest BCUT2D eigenvalue weighted by atomic mass is 10.0. The van der Waals surface area contributed by atoms with Crippen LogP contribution in [0.3, 0.4) is 0 Å². The van der Waals surface area contributed by atoms with E-state index in [1.165, 1.54) is 11.1 Å². The topological polar surface area (TPSA) is 31.2 Å². The molecule has 0 fully saturated rings. The lowest BCUT2D eigenvalue weighted by Gasteiger charge is -2.15. The summed E-state index contributed by atoms with van der Waals surface area (Å²) in [4.78, 5) is 12.5. The minimum absolute atomic E-state index is 0.0273. The van der Waals surface area contributed by atoms with Crippen molar-refractivity contribution in [3.8, 4) is 5.75 Å². The number of nitrogens with zero attached hydrogens (tertiary/aromatic N) is 1. The van der Waals surface area contributed by atoms with E-state index in [2.05, 4.69) is 26.0 Å². The maximum Gasteiger partial charge on any atom is 0.251 e. The van der Waals surface area contributed by atoms with Crippen LogP contribution in [0.2, 0.25) is 0 Å². The number of fused-ring (bicyclic) bond motifs is 1. The van der Waals surface area contributed by atoms with Crippen LogP contribution in [0, 0.1) is 27.7 Å². The third-order valence-corrected chi connectivity index (χ3v) is 4.35. The molecular formula is C21H23NO2. The van der Waals surface area contributed by atoms with Gasteiger partial charge in [-0.3, -0.25) is 4.79 Å². The van der Waals surface area contributed by atoms with Crippen LogP contribution in [0.4, 0.5) is 0 Å². The molecule has 0 amide bonds. The molecule has 124 valence electrons.